The molecule has 0 saturated heterocycles. The van der Waals surface area contributed by atoms with Crippen molar-refractivity contribution in [2.75, 3.05) is 17.6 Å². The maximum absolute atomic E-state index is 12.2. The summed E-state index contributed by atoms with van der Waals surface area (Å²) in [5, 5.41) is 8.01. The zero-order valence-corrected chi connectivity index (χ0v) is 18.2. The molecule has 0 amide bonds. The van der Waals surface area contributed by atoms with E-state index in [2.05, 4.69) is 10.4 Å². The lowest BCUT2D eigenvalue weighted by molar-refractivity contribution is 0.373. The number of benzene rings is 1. The number of nitrogens with one attached hydrogen (secondary N) is 1. The molecular weight excluding hydrogens is 388 g/mol. The van der Waals surface area contributed by atoms with E-state index in [4.69, 9.17) is 15.7 Å². The smallest absolute Gasteiger partial charge is 0.267 e. The first-order valence-corrected chi connectivity index (χ1v) is 11.1. The predicted molar refractivity (Wildman–Crippen MR) is 125 cm³/mol. The molecule has 7 heteroatoms. The van der Waals surface area contributed by atoms with E-state index in [0.717, 1.165) is 12.1 Å². The van der Waals surface area contributed by atoms with Crippen molar-refractivity contribution in [3.8, 4) is 22.6 Å². The van der Waals surface area contributed by atoms with Crippen LogP contribution in [0.1, 0.15) is 52.0 Å². The van der Waals surface area contributed by atoms with Gasteiger partial charge < -0.3 is 11.1 Å². The van der Waals surface area contributed by atoms with Crippen LogP contribution in [0.5, 0.6) is 0 Å². The van der Waals surface area contributed by atoms with Gasteiger partial charge in [0.2, 0.25) is 0 Å². The van der Waals surface area contributed by atoms with E-state index in [1.165, 1.54) is 42.9 Å². The van der Waals surface area contributed by atoms with Crippen LogP contribution in [0, 0.1) is 5.92 Å². The van der Waals surface area contributed by atoms with Crippen molar-refractivity contribution in [1.29, 1.82) is 0 Å². The number of nitrogens with zero attached hydrogens (tertiary/aromatic N) is 4. The van der Waals surface area contributed by atoms with Crippen LogP contribution < -0.4 is 16.6 Å². The van der Waals surface area contributed by atoms with E-state index in [0.29, 0.717) is 34.6 Å². The number of nitrogen functional groups attached to an aromatic ring is 1. The Labute approximate surface area is 182 Å². The third-order valence-corrected chi connectivity index (χ3v) is 5.81. The summed E-state index contributed by atoms with van der Waals surface area (Å²) < 4.78 is 1.47. The molecule has 1 aromatic carbocycles. The topological polar surface area (TPSA) is 98.7 Å². The summed E-state index contributed by atoms with van der Waals surface area (Å²) in [5.74, 6) is 1.58. The summed E-state index contributed by atoms with van der Waals surface area (Å²) in [6.45, 7) is 4.70. The summed E-state index contributed by atoms with van der Waals surface area (Å²) in [7, 11) is 0. The Hall–Kier alpha value is -3.22. The van der Waals surface area contributed by atoms with Gasteiger partial charge in [0.25, 0.3) is 5.56 Å². The van der Waals surface area contributed by atoms with Crippen LogP contribution in [0.15, 0.2) is 47.3 Å². The highest BCUT2D eigenvalue weighted by Crippen LogP contribution is 2.32. The summed E-state index contributed by atoms with van der Waals surface area (Å²) in [6, 6.07) is 13.0. The Balaban J connectivity index is 1.77. The number of nitrogens with two attached hydrogens (primary N) is 1. The number of rotatable bonds is 6. The lowest BCUT2D eigenvalue weighted by Gasteiger charge is -2.22. The normalized spacial score (nSPS) is 14.7. The first kappa shape index (κ1) is 21.0. The molecule has 2 heterocycles. The second-order valence-corrected chi connectivity index (χ2v) is 8.50. The van der Waals surface area contributed by atoms with Gasteiger partial charge in [-0.05, 0) is 38.7 Å². The van der Waals surface area contributed by atoms with Crippen molar-refractivity contribution < 1.29 is 0 Å². The maximum atomic E-state index is 12.2. The molecule has 1 fully saturated rings. The SMILES string of the molecule is CC(C)n1nc(-c2nc(NCC3CCCCC3)c(N)nc2-c2ccccc2)ccc1=O. The number of aromatic nitrogens is 4. The molecule has 3 aromatic rings. The molecular formula is C24H30N6O. The van der Waals surface area contributed by atoms with Crippen molar-refractivity contribution in [2.24, 2.45) is 5.92 Å². The third kappa shape index (κ3) is 4.76. The van der Waals surface area contributed by atoms with Crippen LogP contribution in [0.2, 0.25) is 0 Å². The monoisotopic (exact) mass is 418 g/mol. The van der Waals surface area contributed by atoms with Gasteiger partial charge >= 0.3 is 0 Å². The molecule has 1 saturated carbocycles. The highest BCUT2D eigenvalue weighted by molar-refractivity contribution is 5.79. The number of anilines is 2. The Morgan fingerprint density at radius 1 is 1.03 bits per heavy atom. The zero-order chi connectivity index (χ0) is 21.8. The fourth-order valence-electron chi connectivity index (χ4n) is 4.11. The largest absolute Gasteiger partial charge is 0.381 e. The Morgan fingerprint density at radius 3 is 2.48 bits per heavy atom. The third-order valence-electron chi connectivity index (χ3n) is 5.81. The quantitative estimate of drug-likeness (QED) is 0.610. The van der Waals surface area contributed by atoms with Gasteiger partial charge in [0.05, 0.1) is 6.04 Å². The molecule has 0 atom stereocenters. The van der Waals surface area contributed by atoms with Gasteiger partial charge in [0, 0.05) is 18.2 Å². The van der Waals surface area contributed by atoms with Gasteiger partial charge in [-0.1, -0.05) is 49.6 Å². The fourth-order valence-corrected chi connectivity index (χ4v) is 4.11. The predicted octanol–water partition coefficient (Wildman–Crippen LogP) is 4.52. The second-order valence-electron chi connectivity index (χ2n) is 8.50. The Morgan fingerprint density at radius 2 is 1.77 bits per heavy atom. The number of hydrogen-bond donors (Lipinski definition) is 2. The van der Waals surface area contributed by atoms with Gasteiger partial charge in [-0.25, -0.2) is 14.6 Å². The summed E-state index contributed by atoms with van der Waals surface area (Å²) in [5.41, 5.74) is 8.94. The Bertz CT molecular complexity index is 1090. The molecule has 0 radical (unpaired) electrons. The molecule has 4 rings (SSSR count). The van der Waals surface area contributed by atoms with Crippen molar-refractivity contribution in [3.63, 3.8) is 0 Å². The van der Waals surface area contributed by atoms with E-state index in [1.807, 2.05) is 44.2 Å². The highest BCUT2D eigenvalue weighted by Gasteiger charge is 2.19. The van der Waals surface area contributed by atoms with Crippen molar-refractivity contribution in [2.45, 2.75) is 52.0 Å². The van der Waals surface area contributed by atoms with Crippen LogP contribution in [0.4, 0.5) is 11.6 Å². The standard InChI is InChI=1S/C24H30N6O/c1-16(2)30-20(31)14-13-19(29-30)22-21(18-11-7-4-8-12-18)27-23(25)24(28-22)26-15-17-9-5-3-6-10-17/h4,7-8,11-14,16-17H,3,5-6,9-10,15H2,1-2H3,(H2,25,27)(H,26,28). The number of hydrogen-bond acceptors (Lipinski definition) is 6. The minimum Gasteiger partial charge on any atom is -0.381 e. The summed E-state index contributed by atoms with van der Waals surface area (Å²) in [6.07, 6.45) is 6.36. The van der Waals surface area contributed by atoms with Gasteiger partial charge in [-0.3, -0.25) is 4.79 Å². The van der Waals surface area contributed by atoms with E-state index in [-0.39, 0.29) is 11.6 Å². The lowest BCUT2D eigenvalue weighted by atomic mass is 9.89. The Kier molecular flexibility index (Phi) is 6.30. The summed E-state index contributed by atoms with van der Waals surface area (Å²) >= 11 is 0. The first-order valence-electron chi connectivity index (χ1n) is 11.1. The van der Waals surface area contributed by atoms with Gasteiger partial charge in [-0.15, -0.1) is 0 Å². The first-order chi connectivity index (χ1) is 15.0. The van der Waals surface area contributed by atoms with Crippen molar-refractivity contribution in [1.82, 2.24) is 19.7 Å². The van der Waals surface area contributed by atoms with E-state index in [1.54, 1.807) is 6.07 Å². The van der Waals surface area contributed by atoms with Gasteiger partial charge in [-0.2, -0.15) is 5.10 Å². The molecule has 162 valence electrons. The molecule has 2 aromatic heterocycles. The van der Waals surface area contributed by atoms with Crippen LogP contribution >= 0.6 is 0 Å². The van der Waals surface area contributed by atoms with Crippen molar-refractivity contribution in [3.05, 3.63) is 52.8 Å². The van der Waals surface area contributed by atoms with Crippen LogP contribution in [-0.4, -0.2) is 26.3 Å². The average molecular weight is 419 g/mol. The zero-order valence-electron chi connectivity index (χ0n) is 18.2. The van der Waals surface area contributed by atoms with Crippen molar-refractivity contribution >= 4 is 11.6 Å². The fraction of sp³-hybridized carbons (Fsp3) is 0.417. The molecule has 0 aliphatic heterocycles. The minimum atomic E-state index is -0.140. The molecule has 1 aliphatic rings. The molecule has 1 aliphatic carbocycles. The van der Waals surface area contributed by atoms with Gasteiger partial charge in [0.1, 0.15) is 17.1 Å². The van der Waals surface area contributed by atoms with E-state index < -0.39 is 0 Å². The van der Waals surface area contributed by atoms with Crippen LogP contribution in [0.3, 0.4) is 0 Å². The molecule has 7 nitrogen and oxygen atoms in total. The summed E-state index contributed by atoms with van der Waals surface area (Å²) in [4.78, 5) is 21.8. The van der Waals surface area contributed by atoms with Crippen LogP contribution in [-0.2, 0) is 0 Å². The molecule has 0 bridgehead atoms. The van der Waals surface area contributed by atoms with Gasteiger partial charge in [0.15, 0.2) is 11.6 Å². The molecule has 0 unspecified atom stereocenters. The maximum Gasteiger partial charge on any atom is 0.267 e. The average Bonchev–Trinajstić information content (AvgIpc) is 2.79. The molecule has 31 heavy (non-hydrogen) atoms. The van der Waals surface area contributed by atoms with E-state index >= 15 is 0 Å². The molecule has 0 spiro atoms. The van der Waals surface area contributed by atoms with Crippen LogP contribution in [0.25, 0.3) is 22.6 Å². The molecule has 3 N–H and O–H groups in total. The second kappa shape index (κ2) is 9.29. The van der Waals surface area contributed by atoms with E-state index in [9.17, 15) is 4.79 Å². The minimum absolute atomic E-state index is 0.0572. The lowest BCUT2D eigenvalue weighted by Crippen LogP contribution is -2.24. The highest BCUT2D eigenvalue weighted by atomic mass is 16.1.